The van der Waals surface area contributed by atoms with Crippen molar-refractivity contribution in [2.75, 3.05) is 10.6 Å². The molecule has 1 heterocycles. The number of nitriles is 1. The quantitative estimate of drug-likeness (QED) is 0.575. The van der Waals surface area contributed by atoms with Crippen molar-refractivity contribution in [2.24, 2.45) is 0 Å². The average molecular weight is 322 g/mol. The molecule has 2 aromatic rings. The summed E-state index contributed by atoms with van der Waals surface area (Å²) in [6.45, 7) is 1.85. The third-order valence-electron chi connectivity index (χ3n) is 3.05. The second-order valence-electron chi connectivity index (χ2n) is 4.84. The van der Waals surface area contributed by atoms with E-state index in [4.69, 9.17) is 10.4 Å². The first-order chi connectivity index (χ1) is 11.5. The van der Waals surface area contributed by atoms with Gasteiger partial charge in [-0.15, -0.1) is 0 Å². The number of benzene rings is 1. The molecule has 3 N–H and O–H groups in total. The minimum atomic E-state index is -1.05. The zero-order valence-corrected chi connectivity index (χ0v) is 12.8. The summed E-state index contributed by atoms with van der Waals surface area (Å²) in [5.41, 5.74) is 1.87. The van der Waals surface area contributed by atoms with Crippen LogP contribution in [0.15, 0.2) is 54.4 Å². The maximum absolute atomic E-state index is 12.1. The molecule has 120 valence electrons. The standard InChI is InChI=1S/C17H14N4O3/c1-11-2-5-15(10-19-11)20-9-13(8-18)16(22)21-14-6-3-12(4-7-14)17(23)24/h2-7,9-10,20H,1H3,(H,21,22)(H,23,24)/b13-9-. The number of hydrogen-bond donors (Lipinski definition) is 3. The van der Waals surface area contributed by atoms with E-state index >= 15 is 0 Å². The van der Waals surface area contributed by atoms with E-state index in [9.17, 15) is 9.59 Å². The van der Waals surface area contributed by atoms with Crippen LogP contribution in [-0.4, -0.2) is 22.0 Å². The van der Waals surface area contributed by atoms with Crippen LogP contribution in [0.5, 0.6) is 0 Å². The summed E-state index contributed by atoms with van der Waals surface area (Å²) in [6, 6.07) is 11.0. The van der Waals surface area contributed by atoms with Crippen LogP contribution in [0.3, 0.4) is 0 Å². The van der Waals surface area contributed by atoms with Gasteiger partial charge in [-0.25, -0.2) is 4.79 Å². The van der Waals surface area contributed by atoms with Gasteiger partial charge in [0.25, 0.3) is 5.91 Å². The SMILES string of the molecule is Cc1ccc(N/C=C(/C#N)C(=O)Nc2ccc(C(=O)O)cc2)cn1. The van der Waals surface area contributed by atoms with Gasteiger partial charge in [-0.3, -0.25) is 9.78 Å². The van der Waals surface area contributed by atoms with Crippen LogP contribution in [0, 0.1) is 18.3 Å². The fraction of sp³-hybridized carbons (Fsp3) is 0.0588. The van der Waals surface area contributed by atoms with Gasteiger partial charge in [0.2, 0.25) is 0 Å². The van der Waals surface area contributed by atoms with Crippen molar-refractivity contribution >= 4 is 23.3 Å². The zero-order valence-electron chi connectivity index (χ0n) is 12.8. The van der Waals surface area contributed by atoms with Gasteiger partial charge in [-0.1, -0.05) is 0 Å². The molecule has 0 aliphatic rings. The highest BCUT2D eigenvalue weighted by Gasteiger charge is 2.10. The third kappa shape index (κ3) is 4.42. The van der Waals surface area contributed by atoms with Gasteiger partial charge in [0.15, 0.2) is 0 Å². The van der Waals surface area contributed by atoms with Crippen LogP contribution in [0.4, 0.5) is 11.4 Å². The Bertz CT molecular complexity index is 818. The number of pyridine rings is 1. The molecule has 0 atom stereocenters. The molecule has 0 radical (unpaired) electrons. The maximum atomic E-state index is 12.1. The Labute approximate surface area is 138 Å². The van der Waals surface area contributed by atoms with Crippen molar-refractivity contribution in [2.45, 2.75) is 6.92 Å². The van der Waals surface area contributed by atoms with Crippen molar-refractivity contribution in [1.82, 2.24) is 4.98 Å². The number of nitrogens with one attached hydrogen (secondary N) is 2. The smallest absolute Gasteiger partial charge is 0.335 e. The van der Waals surface area contributed by atoms with Crippen LogP contribution in [0.25, 0.3) is 0 Å². The van der Waals surface area contributed by atoms with Crippen LogP contribution >= 0.6 is 0 Å². The second-order valence-corrected chi connectivity index (χ2v) is 4.84. The zero-order chi connectivity index (χ0) is 17.5. The molecular weight excluding hydrogens is 308 g/mol. The molecule has 0 aliphatic carbocycles. The number of carboxylic acid groups (broad SMARTS) is 1. The molecule has 0 fully saturated rings. The molecule has 1 aromatic heterocycles. The number of carbonyl (C=O) groups is 2. The van der Waals surface area contributed by atoms with Gasteiger partial charge in [0, 0.05) is 17.6 Å². The van der Waals surface area contributed by atoms with Crippen molar-refractivity contribution in [1.29, 1.82) is 5.26 Å². The highest BCUT2D eigenvalue weighted by Crippen LogP contribution is 2.11. The van der Waals surface area contributed by atoms with E-state index < -0.39 is 11.9 Å². The van der Waals surface area contributed by atoms with E-state index in [-0.39, 0.29) is 11.1 Å². The molecule has 1 amide bonds. The lowest BCUT2D eigenvalue weighted by atomic mass is 10.2. The molecule has 1 aromatic carbocycles. The number of aromatic carboxylic acids is 1. The number of aromatic nitrogens is 1. The minimum Gasteiger partial charge on any atom is -0.478 e. The van der Waals surface area contributed by atoms with Crippen molar-refractivity contribution in [3.8, 4) is 6.07 Å². The van der Waals surface area contributed by atoms with E-state index in [1.807, 2.05) is 6.92 Å². The third-order valence-corrected chi connectivity index (χ3v) is 3.05. The fourth-order valence-electron chi connectivity index (χ4n) is 1.75. The monoisotopic (exact) mass is 322 g/mol. The number of hydrogen-bond acceptors (Lipinski definition) is 5. The lowest BCUT2D eigenvalue weighted by Gasteiger charge is -2.05. The molecule has 7 nitrogen and oxygen atoms in total. The number of carboxylic acids is 1. The Balaban J connectivity index is 2.05. The predicted octanol–water partition coefficient (Wildman–Crippen LogP) is 2.55. The number of carbonyl (C=O) groups excluding carboxylic acids is 1. The van der Waals surface area contributed by atoms with E-state index in [0.29, 0.717) is 11.4 Å². The summed E-state index contributed by atoms with van der Waals surface area (Å²) in [4.78, 5) is 26.9. The largest absolute Gasteiger partial charge is 0.478 e. The number of nitrogens with zero attached hydrogens (tertiary/aromatic N) is 2. The first-order valence-corrected chi connectivity index (χ1v) is 6.94. The van der Waals surface area contributed by atoms with E-state index in [0.717, 1.165) is 5.69 Å². The lowest BCUT2D eigenvalue weighted by molar-refractivity contribution is -0.112. The van der Waals surface area contributed by atoms with E-state index in [1.54, 1.807) is 24.4 Å². The molecule has 0 saturated heterocycles. The molecule has 0 saturated carbocycles. The van der Waals surface area contributed by atoms with Crippen LogP contribution < -0.4 is 10.6 Å². The van der Waals surface area contributed by atoms with Crippen LogP contribution in [0.2, 0.25) is 0 Å². The highest BCUT2D eigenvalue weighted by molar-refractivity contribution is 6.06. The number of amides is 1. The van der Waals surface area contributed by atoms with Crippen molar-refractivity contribution in [3.05, 3.63) is 65.6 Å². The van der Waals surface area contributed by atoms with E-state index in [2.05, 4.69) is 15.6 Å². The number of anilines is 2. The average Bonchev–Trinajstić information content (AvgIpc) is 2.57. The molecule has 2 rings (SSSR count). The topological polar surface area (TPSA) is 115 Å². The summed E-state index contributed by atoms with van der Waals surface area (Å²) >= 11 is 0. The summed E-state index contributed by atoms with van der Waals surface area (Å²) in [7, 11) is 0. The lowest BCUT2D eigenvalue weighted by Crippen LogP contribution is -2.14. The summed E-state index contributed by atoms with van der Waals surface area (Å²) < 4.78 is 0. The van der Waals surface area contributed by atoms with Gasteiger partial charge in [-0.2, -0.15) is 5.26 Å². The Hall–Kier alpha value is -3.66. The number of rotatable bonds is 5. The molecule has 0 bridgehead atoms. The Morgan fingerprint density at radius 1 is 1.17 bits per heavy atom. The summed E-state index contributed by atoms with van der Waals surface area (Å²) in [5.74, 6) is -1.66. The number of aryl methyl sites for hydroxylation is 1. The first-order valence-electron chi connectivity index (χ1n) is 6.94. The van der Waals surface area contributed by atoms with Gasteiger partial charge >= 0.3 is 5.97 Å². The maximum Gasteiger partial charge on any atom is 0.335 e. The predicted molar refractivity (Wildman–Crippen MR) is 88.3 cm³/mol. The molecule has 0 spiro atoms. The summed E-state index contributed by atoms with van der Waals surface area (Å²) in [5, 5.41) is 23.3. The highest BCUT2D eigenvalue weighted by atomic mass is 16.4. The summed E-state index contributed by atoms with van der Waals surface area (Å²) in [6.07, 6.45) is 2.87. The van der Waals surface area contributed by atoms with Crippen LogP contribution in [0.1, 0.15) is 16.1 Å². The Morgan fingerprint density at radius 3 is 2.38 bits per heavy atom. The van der Waals surface area contributed by atoms with Crippen molar-refractivity contribution < 1.29 is 14.7 Å². The van der Waals surface area contributed by atoms with Crippen LogP contribution in [-0.2, 0) is 4.79 Å². The first kappa shape index (κ1) is 16.7. The van der Waals surface area contributed by atoms with E-state index in [1.165, 1.54) is 30.5 Å². The minimum absolute atomic E-state index is 0.109. The molecule has 7 heteroatoms. The Morgan fingerprint density at radius 2 is 1.83 bits per heavy atom. The molecule has 0 aliphatic heterocycles. The van der Waals surface area contributed by atoms with Crippen molar-refractivity contribution in [3.63, 3.8) is 0 Å². The fourth-order valence-corrected chi connectivity index (χ4v) is 1.75. The molecule has 0 unspecified atom stereocenters. The normalized spacial score (nSPS) is 10.6. The van der Waals surface area contributed by atoms with Gasteiger partial charge in [-0.05, 0) is 43.3 Å². The van der Waals surface area contributed by atoms with Gasteiger partial charge in [0.05, 0.1) is 17.4 Å². The second kappa shape index (κ2) is 7.56. The Kier molecular flexibility index (Phi) is 5.26. The van der Waals surface area contributed by atoms with Gasteiger partial charge in [0.1, 0.15) is 11.6 Å². The van der Waals surface area contributed by atoms with Gasteiger partial charge < -0.3 is 15.7 Å². The molecule has 24 heavy (non-hydrogen) atoms. The molecular formula is C17H14N4O3.